The van der Waals surface area contributed by atoms with Crippen LogP contribution in [0.25, 0.3) is 0 Å². The molecule has 0 radical (unpaired) electrons. The summed E-state index contributed by atoms with van der Waals surface area (Å²) in [4.78, 5) is 0. The topological polar surface area (TPSA) is 15.7 Å². The van der Waals surface area contributed by atoms with Gasteiger partial charge in [0.05, 0.1) is 24.4 Å². The monoisotopic (exact) mass is 276 g/mol. The molecule has 0 atom stereocenters. The fourth-order valence-electron chi connectivity index (χ4n) is 2.15. The molecule has 1 saturated heterocycles. The summed E-state index contributed by atoms with van der Waals surface area (Å²) in [6.07, 6.45) is -0.174. The first-order valence-corrected chi connectivity index (χ1v) is 6.01. The summed E-state index contributed by atoms with van der Waals surface area (Å²) in [6.45, 7) is -0.0666. The average Bonchev–Trinajstić information content (AvgIpc) is 2.27. The summed E-state index contributed by atoms with van der Waals surface area (Å²) < 4.78 is 31.8. The minimum atomic E-state index is -2.64. The number of para-hydroxylation sites is 1. The molecule has 0 unspecified atom stereocenters. The Hall–Kier alpha value is -1.07. The van der Waals surface area contributed by atoms with Crippen molar-refractivity contribution in [2.75, 3.05) is 32.3 Å². The van der Waals surface area contributed by atoms with Gasteiger partial charge in [-0.15, -0.1) is 0 Å². The van der Waals surface area contributed by atoms with Crippen molar-refractivity contribution in [1.29, 1.82) is 0 Å². The Balaban J connectivity index is 2.30. The third kappa shape index (κ3) is 2.52. The zero-order valence-corrected chi connectivity index (χ0v) is 11.0. The van der Waals surface area contributed by atoms with E-state index in [1.165, 1.54) is 12.1 Å². The zero-order chi connectivity index (χ0) is 13.3. The van der Waals surface area contributed by atoms with Crippen LogP contribution in [0.15, 0.2) is 18.2 Å². The van der Waals surface area contributed by atoms with Crippen LogP contribution in [-0.4, -0.2) is 38.2 Å². The minimum Gasteiger partial charge on any atom is -0.493 e. The Labute approximate surface area is 110 Å². The number of rotatable bonds is 2. The predicted molar refractivity (Wildman–Crippen MR) is 67.5 cm³/mol. The molecule has 1 aliphatic heterocycles. The lowest BCUT2D eigenvalue weighted by molar-refractivity contribution is -0.0565. The molecule has 0 saturated carbocycles. The van der Waals surface area contributed by atoms with Crippen LogP contribution in [-0.2, 0) is 0 Å². The summed E-state index contributed by atoms with van der Waals surface area (Å²) in [7, 11) is 3.15. The average molecular weight is 277 g/mol. The van der Waals surface area contributed by atoms with Crippen LogP contribution in [0.5, 0.6) is 5.75 Å². The first kappa shape index (κ1) is 13.4. The maximum Gasteiger partial charge on any atom is 0.264 e. The lowest BCUT2D eigenvalue weighted by Crippen LogP contribution is -2.53. The van der Waals surface area contributed by atoms with E-state index in [1.54, 1.807) is 24.2 Å². The molecule has 1 aromatic carbocycles. The summed E-state index contributed by atoms with van der Waals surface area (Å²) in [5.41, 5.74) is 0.711. The van der Waals surface area contributed by atoms with Crippen LogP contribution >= 0.6 is 11.6 Å². The van der Waals surface area contributed by atoms with Gasteiger partial charge in [-0.05, 0) is 12.1 Å². The van der Waals surface area contributed by atoms with Crippen LogP contribution < -0.4 is 9.75 Å². The molecule has 18 heavy (non-hydrogen) atoms. The smallest absolute Gasteiger partial charge is 0.264 e. The Morgan fingerprint density at radius 1 is 1.39 bits per heavy atom. The van der Waals surface area contributed by atoms with Crippen molar-refractivity contribution in [2.24, 2.45) is 0 Å². The van der Waals surface area contributed by atoms with Crippen molar-refractivity contribution in [2.45, 2.75) is 12.3 Å². The van der Waals surface area contributed by atoms with Crippen LogP contribution in [0.3, 0.4) is 0 Å². The maximum atomic E-state index is 13.3. The Bertz CT molecular complexity index is 442. The van der Waals surface area contributed by atoms with Gasteiger partial charge in [-0.25, -0.2) is 13.8 Å². The summed E-state index contributed by atoms with van der Waals surface area (Å²) in [5, 5.41) is 3.74. The predicted octanol–water partition coefficient (Wildman–Crippen LogP) is 3.04. The van der Waals surface area contributed by atoms with Crippen LogP contribution in [0.4, 0.5) is 14.5 Å². The fourth-order valence-corrected chi connectivity index (χ4v) is 2.39. The molecule has 6 heteroatoms. The molecular weight excluding hydrogens is 262 g/mol. The Morgan fingerprint density at radius 2 is 2.11 bits per heavy atom. The van der Waals surface area contributed by atoms with Gasteiger partial charge in [0.15, 0.2) is 5.75 Å². The number of benzene rings is 1. The number of hydrazine groups is 1. The third-order valence-corrected chi connectivity index (χ3v) is 3.29. The van der Waals surface area contributed by atoms with Crippen molar-refractivity contribution in [1.82, 2.24) is 5.01 Å². The zero-order valence-electron chi connectivity index (χ0n) is 10.3. The van der Waals surface area contributed by atoms with Crippen LogP contribution in [0.2, 0.25) is 5.02 Å². The largest absolute Gasteiger partial charge is 0.493 e. The highest BCUT2D eigenvalue weighted by atomic mass is 35.5. The normalized spacial score (nSPS) is 19.9. The molecule has 0 aromatic heterocycles. The van der Waals surface area contributed by atoms with Crippen molar-refractivity contribution in [3.63, 3.8) is 0 Å². The summed E-state index contributed by atoms with van der Waals surface area (Å²) >= 11 is 6.03. The second kappa shape index (κ2) is 4.90. The van der Waals surface area contributed by atoms with Gasteiger partial charge < -0.3 is 9.75 Å². The second-order valence-corrected chi connectivity index (χ2v) is 4.74. The molecule has 1 aromatic rings. The lowest BCUT2D eigenvalue weighted by Gasteiger charge is -2.41. The van der Waals surface area contributed by atoms with Gasteiger partial charge in [-0.1, -0.05) is 17.7 Å². The maximum absolute atomic E-state index is 13.3. The summed E-state index contributed by atoms with van der Waals surface area (Å²) in [5.74, 6) is -2.13. The Kier molecular flexibility index (Phi) is 3.64. The van der Waals surface area contributed by atoms with Gasteiger partial charge in [0.1, 0.15) is 0 Å². The second-order valence-electron chi connectivity index (χ2n) is 4.34. The Morgan fingerprint density at radius 3 is 2.72 bits per heavy atom. The molecule has 0 bridgehead atoms. The van der Waals surface area contributed by atoms with Crippen molar-refractivity contribution >= 4 is 17.3 Å². The number of alkyl halides is 2. The number of hydrogen-bond acceptors (Lipinski definition) is 3. The van der Waals surface area contributed by atoms with E-state index in [1.807, 2.05) is 6.07 Å². The van der Waals surface area contributed by atoms with E-state index in [4.69, 9.17) is 16.3 Å². The molecule has 3 nitrogen and oxygen atoms in total. The third-order valence-electron chi connectivity index (χ3n) is 2.99. The number of halogens is 3. The van der Waals surface area contributed by atoms with E-state index >= 15 is 0 Å². The van der Waals surface area contributed by atoms with Crippen LogP contribution in [0.1, 0.15) is 6.42 Å². The van der Waals surface area contributed by atoms with Gasteiger partial charge >= 0.3 is 0 Å². The standard InChI is InChI=1S/C12H15ClF2N2O/c1-16-8-12(14,15)6-7-17(16)10-5-3-4-9(13)11(10)18-2/h3-5H,6-8H2,1-2H3. The molecule has 0 amide bonds. The van der Waals surface area contributed by atoms with Gasteiger partial charge in [0.2, 0.25) is 0 Å². The number of ether oxygens (including phenoxy) is 1. The molecule has 0 spiro atoms. The number of hydrogen-bond donors (Lipinski definition) is 0. The molecule has 100 valence electrons. The first-order chi connectivity index (χ1) is 8.44. The van der Waals surface area contributed by atoms with Crippen LogP contribution in [0, 0.1) is 0 Å². The first-order valence-electron chi connectivity index (χ1n) is 5.63. The fraction of sp³-hybridized carbons (Fsp3) is 0.500. The highest BCUT2D eigenvalue weighted by Gasteiger charge is 2.38. The lowest BCUT2D eigenvalue weighted by atomic mass is 10.1. The van der Waals surface area contributed by atoms with E-state index in [0.29, 0.717) is 16.5 Å². The highest BCUT2D eigenvalue weighted by molar-refractivity contribution is 6.32. The van der Waals surface area contributed by atoms with Gasteiger partial charge in [0.25, 0.3) is 5.92 Å². The molecule has 1 fully saturated rings. The van der Waals surface area contributed by atoms with Gasteiger partial charge in [0, 0.05) is 20.0 Å². The van der Waals surface area contributed by atoms with Crippen molar-refractivity contribution in [3.8, 4) is 5.75 Å². The number of anilines is 1. The molecule has 1 aliphatic rings. The van der Waals surface area contributed by atoms with Gasteiger partial charge in [-0.2, -0.15) is 0 Å². The van der Waals surface area contributed by atoms with Gasteiger partial charge in [-0.3, -0.25) is 0 Å². The molecule has 2 rings (SSSR count). The summed E-state index contributed by atoms with van der Waals surface area (Å²) in [6, 6.07) is 5.30. The van der Waals surface area contributed by atoms with E-state index in [2.05, 4.69) is 0 Å². The van der Waals surface area contributed by atoms with Crippen molar-refractivity contribution < 1.29 is 13.5 Å². The highest BCUT2D eigenvalue weighted by Crippen LogP contribution is 2.38. The molecule has 0 aliphatic carbocycles. The minimum absolute atomic E-state index is 0.174. The van der Waals surface area contributed by atoms with E-state index in [-0.39, 0.29) is 19.5 Å². The number of nitrogens with zero attached hydrogens (tertiary/aromatic N) is 2. The van der Waals surface area contributed by atoms with Crippen molar-refractivity contribution in [3.05, 3.63) is 23.2 Å². The SMILES string of the molecule is COc1c(Cl)cccc1N1CCC(F)(F)CN1C. The molecule has 0 N–H and O–H groups in total. The van der Waals surface area contributed by atoms with E-state index in [0.717, 1.165) is 0 Å². The van der Waals surface area contributed by atoms with E-state index in [9.17, 15) is 8.78 Å². The quantitative estimate of drug-likeness (QED) is 0.826. The number of methoxy groups -OCH3 is 1. The molecular formula is C12H15ClF2N2O. The van der Waals surface area contributed by atoms with E-state index < -0.39 is 5.92 Å². The molecule has 1 heterocycles.